The number of nitrogen functional groups attached to an aromatic ring is 1. The summed E-state index contributed by atoms with van der Waals surface area (Å²) in [6, 6.07) is 5.81. The highest BCUT2D eigenvalue weighted by molar-refractivity contribution is 5.96. The molecule has 0 aliphatic rings. The van der Waals surface area contributed by atoms with Gasteiger partial charge >= 0.3 is 0 Å². The number of anilines is 1. The molecule has 1 atom stereocenters. The van der Waals surface area contributed by atoms with E-state index in [1.807, 2.05) is 18.2 Å². The summed E-state index contributed by atoms with van der Waals surface area (Å²) in [7, 11) is 0. The van der Waals surface area contributed by atoms with E-state index in [0.29, 0.717) is 0 Å². The number of hydrogen-bond acceptors (Lipinski definition) is 3. The molecule has 0 fully saturated rings. The molecule has 1 unspecified atom stereocenters. The van der Waals surface area contributed by atoms with Crippen molar-refractivity contribution in [1.29, 1.82) is 0 Å². The Morgan fingerprint density at radius 1 is 1.15 bits per heavy atom. The number of nitrogens with zero attached hydrogens (tertiary/aromatic N) is 1. The summed E-state index contributed by atoms with van der Waals surface area (Å²) >= 11 is 0. The Morgan fingerprint density at radius 2 is 2.00 bits per heavy atom. The van der Waals surface area contributed by atoms with Crippen LogP contribution in [0.15, 0.2) is 30.6 Å². The highest BCUT2D eigenvalue weighted by Gasteiger charge is 2.09. The fourth-order valence-electron chi connectivity index (χ4n) is 2.42. The lowest BCUT2D eigenvalue weighted by Gasteiger charge is -2.16. The molecule has 0 aliphatic heterocycles. The van der Waals surface area contributed by atoms with E-state index in [2.05, 4.69) is 18.8 Å². The van der Waals surface area contributed by atoms with Gasteiger partial charge in [-0.25, -0.2) is 0 Å². The third-order valence-electron chi connectivity index (χ3n) is 3.60. The lowest BCUT2D eigenvalue weighted by atomic mass is 10.1. The number of unbranched alkanes of at least 4 members (excludes halogenated alkanes) is 3. The minimum Gasteiger partial charge on any atom is -0.490 e. The molecular formula is C17H24N2O. The number of nitrogens with two attached hydrogens (primary N) is 1. The number of benzene rings is 1. The molecule has 1 aromatic carbocycles. The van der Waals surface area contributed by atoms with Gasteiger partial charge in [0.2, 0.25) is 0 Å². The molecule has 0 radical (unpaired) electrons. The molecule has 2 N–H and O–H groups in total. The molecule has 0 saturated heterocycles. The van der Waals surface area contributed by atoms with Gasteiger partial charge in [-0.15, -0.1) is 0 Å². The zero-order valence-corrected chi connectivity index (χ0v) is 12.4. The number of hydrogen-bond donors (Lipinski definition) is 1. The van der Waals surface area contributed by atoms with Crippen LogP contribution in [-0.2, 0) is 0 Å². The van der Waals surface area contributed by atoms with Crippen LogP contribution in [0.3, 0.4) is 0 Å². The van der Waals surface area contributed by atoms with Gasteiger partial charge in [0.25, 0.3) is 0 Å². The van der Waals surface area contributed by atoms with Crippen molar-refractivity contribution < 1.29 is 4.74 Å². The zero-order valence-electron chi connectivity index (χ0n) is 12.4. The van der Waals surface area contributed by atoms with Crippen LogP contribution in [0.5, 0.6) is 5.75 Å². The van der Waals surface area contributed by atoms with Crippen LogP contribution in [0.2, 0.25) is 0 Å². The van der Waals surface area contributed by atoms with E-state index in [4.69, 9.17) is 10.5 Å². The molecule has 0 spiro atoms. The lowest BCUT2D eigenvalue weighted by molar-refractivity contribution is 0.209. The molecule has 0 bridgehead atoms. The first-order chi connectivity index (χ1) is 9.72. The highest BCUT2D eigenvalue weighted by Crippen LogP contribution is 2.30. The molecule has 0 saturated carbocycles. The van der Waals surface area contributed by atoms with Crippen molar-refractivity contribution in [3.8, 4) is 5.75 Å². The lowest BCUT2D eigenvalue weighted by Crippen LogP contribution is -2.11. The molecule has 3 nitrogen and oxygen atoms in total. The van der Waals surface area contributed by atoms with Crippen molar-refractivity contribution in [1.82, 2.24) is 4.98 Å². The van der Waals surface area contributed by atoms with Crippen LogP contribution in [0.25, 0.3) is 10.8 Å². The summed E-state index contributed by atoms with van der Waals surface area (Å²) in [4.78, 5) is 4.13. The maximum Gasteiger partial charge on any atom is 0.127 e. The van der Waals surface area contributed by atoms with Crippen LogP contribution < -0.4 is 10.5 Å². The van der Waals surface area contributed by atoms with E-state index in [-0.39, 0.29) is 6.10 Å². The average Bonchev–Trinajstić information content (AvgIpc) is 2.47. The third kappa shape index (κ3) is 3.62. The van der Waals surface area contributed by atoms with Crippen molar-refractivity contribution in [2.45, 2.75) is 52.1 Å². The van der Waals surface area contributed by atoms with Crippen molar-refractivity contribution in [3.63, 3.8) is 0 Å². The predicted molar refractivity (Wildman–Crippen MR) is 85.0 cm³/mol. The van der Waals surface area contributed by atoms with E-state index in [0.717, 1.165) is 28.6 Å². The zero-order chi connectivity index (χ0) is 14.4. The van der Waals surface area contributed by atoms with E-state index in [1.54, 1.807) is 12.4 Å². The summed E-state index contributed by atoms with van der Waals surface area (Å²) in [5.74, 6) is 0.902. The minimum atomic E-state index is 0.229. The molecular weight excluding hydrogens is 248 g/mol. The van der Waals surface area contributed by atoms with Crippen molar-refractivity contribution in [3.05, 3.63) is 30.6 Å². The molecule has 2 aromatic rings. The molecule has 2 rings (SSSR count). The van der Waals surface area contributed by atoms with Gasteiger partial charge in [0.05, 0.1) is 6.10 Å². The largest absolute Gasteiger partial charge is 0.490 e. The van der Waals surface area contributed by atoms with Gasteiger partial charge in [0, 0.05) is 28.9 Å². The Hall–Kier alpha value is -1.77. The predicted octanol–water partition coefficient (Wildman–Crippen LogP) is 4.55. The summed E-state index contributed by atoms with van der Waals surface area (Å²) in [6.07, 6.45) is 9.99. The maximum atomic E-state index is 6.08. The minimum absolute atomic E-state index is 0.229. The monoisotopic (exact) mass is 272 g/mol. The van der Waals surface area contributed by atoms with Gasteiger partial charge < -0.3 is 10.5 Å². The summed E-state index contributed by atoms with van der Waals surface area (Å²) in [5.41, 5.74) is 6.72. The molecule has 0 aliphatic carbocycles. The van der Waals surface area contributed by atoms with Crippen LogP contribution >= 0.6 is 0 Å². The van der Waals surface area contributed by atoms with Crippen LogP contribution in [0.1, 0.15) is 46.0 Å². The van der Waals surface area contributed by atoms with Crippen molar-refractivity contribution in [2.24, 2.45) is 0 Å². The maximum absolute atomic E-state index is 6.08. The first kappa shape index (κ1) is 14.6. The average molecular weight is 272 g/mol. The fraction of sp³-hybridized carbons (Fsp3) is 0.471. The molecule has 20 heavy (non-hydrogen) atoms. The molecule has 3 heteroatoms. The Labute approximate surface area is 121 Å². The van der Waals surface area contributed by atoms with E-state index < -0.39 is 0 Å². The Bertz CT molecular complexity index is 554. The molecule has 1 heterocycles. The Balaban J connectivity index is 2.04. The second kappa shape index (κ2) is 7.13. The second-order valence-electron chi connectivity index (χ2n) is 5.35. The quantitative estimate of drug-likeness (QED) is 0.594. The number of aromatic nitrogens is 1. The van der Waals surface area contributed by atoms with E-state index in [1.165, 1.54) is 25.7 Å². The van der Waals surface area contributed by atoms with Crippen LogP contribution in [0, 0.1) is 0 Å². The topological polar surface area (TPSA) is 48.1 Å². The van der Waals surface area contributed by atoms with Crippen molar-refractivity contribution >= 4 is 16.5 Å². The van der Waals surface area contributed by atoms with E-state index in [9.17, 15) is 0 Å². The number of fused-ring (bicyclic) bond motifs is 1. The van der Waals surface area contributed by atoms with Crippen LogP contribution in [0.4, 0.5) is 5.69 Å². The van der Waals surface area contributed by atoms with Gasteiger partial charge in [-0.3, -0.25) is 4.98 Å². The summed E-state index contributed by atoms with van der Waals surface area (Å²) in [5, 5.41) is 2.00. The summed E-state index contributed by atoms with van der Waals surface area (Å²) in [6.45, 7) is 4.36. The Morgan fingerprint density at radius 3 is 2.80 bits per heavy atom. The first-order valence-corrected chi connectivity index (χ1v) is 7.51. The standard InChI is InChI=1S/C17H24N2O/c1-3-4-5-6-7-13(2)20-17-9-8-16(18)15-12-19-11-10-14(15)17/h8-13H,3-7,18H2,1-2H3. The summed E-state index contributed by atoms with van der Waals surface area (Å²) < 4.78 is 6.08. The Kier molecular flexibility index (Phi) is 5.22. The normalized spacial score (nSPS) is 12.5. The third-order valence-corrected chi connectivity index (χ3v) is 3.60. The first-order valence-electron chi connectivity index (χ1n) is 7.51. The van der Waals surface area contributed by atoms with Crippen molar-refractivity contribution in [2.75, 3.05) is 5.73 Å². The van der Waals surface area contributed by atoms with Gasteiger partial charge in [-0.1, -0.05) is 26.2 Å². The number of ether oxygens (including phenoxy) is 1. The van der Waals surface area contributed by atoms with Gasteiger partial charge in [0.1, 0.15) is 5.75 Å². The van der Waals surface area contributed by atoms with Gasteiger partial charge in [-0.2, -0.15) is 0 Å². The smallest absolute Gasteiger partial charge is 0.127 e. The highest BCUT2D eigenvalue weighted by atomic mass is 16.5. The molecule has 0 amide bonds. The van der Waals surface area contributed by atoms with Gasteiger partial charge in [-0.05, 0) is 38.0 Å². The molecule has 1 aromatic heterocycles. The fourth-order valence-corrected chi connectivity index (χ4v) is 2.42. The second-order valence-corrected chi connectivity index (χ2v) is 5.35. The van der Waals surface area contributed by atoms with Crippen LogP contribution in [-0.4, -0.2) is 11.1 Å². The SMILES string of the molecule is CCCCCCC(C)Oc1ccc(N)c2cnccc12. The van der Waals surface area contributed by atoms with E-state index >= 15 is 0 Å². The molecule has 108 valence electrons. The van der Waals surface area contributed by atoms with Gasteiger partial charge in [0.15, 0.2) is 0 Å². The number of rotatable bonds is 7. The number of pyridine rings is 1.